The van der Waals surface area contributed by atoms with E-state index in [4.69, 9.17) is 16.1 Å². The van der Waals surface area contributed by atoms with E-state index in [2.05, 4.69) is 25.6 Å². The summed E-state index contributed by atoms with van der Waals surface area (Å²) >= 11 is 5.91. The van der Waals surface area contributed by atoms with Crippen LogP contribution in [0.25, 0.3) is 11.4 Å². The van der Waals surface area contributed by atoms with Gasteiger partial charge in [-0.2, -0.15) is 9.78 Å². The Bertz CT molecular complexity index is 1110. The van der Waals surface area contributed by atoms with Crippen LogP contribution in [0.4, 0.5) is 4.39 Å². The second kappa shape index (κ2) is 7.12. The molecule has 0 bridgehead atoms. The van der Waals surface area contributed by atoms with Crippen molar-refractivity contribution in [2.75, 3.05) is 0 Å². The summed E-state index contributed by atoms with van der Waals surface area (Å²) in [6, 6.07) is 14.4. The minimum Gasteiger partial charge on any atom is -0.337 e. The van der Waals surface area contributed by atoms with Gasteiger partial charge in [0.2, 0.25) is 11.7 Å². The molecule has 0 spiro atoms. The molecule has 142 valence electrons. The first kappa shape index (κ1) is 18.2. The van der Waals surface area contributed by atoms with Gasteiger partial charge in [-0.1, -0.05) is 59.2 Å². The summed E-state index contributed by atoms with van der Waals surface area (Å²) in [5, 5.41) is 16.4. The maximum Gasteiger partial charge on any atom is 0.250 e. The number of aromatic nitrogens is 6. The molecule has 0 radical (unpaired) electrons. The Morgan fingerprint density at radius 3 is 2.68 bits per heavy atom. The molecule has 9 heteroatoms. The van der Waals surface area contributed by atoms with Crippen LogP contribution < -0.4 is 0 Å². The van der Waals surface area contributed by atoms with E-state index in [0.29, 0.717) is 23.1 Å². The zero-order chi connectivity index (χ0) is 19.7. The highest BCUT2D eigenvalue weighted by Crippen LogP contribution is 2.33. The van der Waals surface area contributed by atoms with E-state index in [0.717, 1.165) is 5.56 Å². The largest absolute Gasteiger partial charge is 0.337 e. The molecule has 0 aliphatic carbocycles. The smallest absolute Gasteiger partial charge is 0.250 e. The Hall–Kier alpha value is -3.13. The lowest BCUT2D eigenvalue weighted by atomic mass is 9.83. The first-order chi connectivity index (χ1) is 13.4. The highest BCUT2D eigenvalue weighted by atomic mass is 35.5. The van der Waals surface area contributed by atoms with Crippen molar-refractivity contribution in [3.63, 3.8) is 0 Å². The lowest BCUT2D eigenvalue weighted by Gasteiger charge is -2.21. The van der Waals surface area contributed by atoms with Crippen molar-refractivity contribution >= 4 is 11.6 Å². The quantitative estimate of drug-likeness (QED) is 0.507. The van der Waals surface area contributed by atoms with Gasteiger partial charge in [-0.15, -0.1) is 10.2 Å². The van der Waals surface area contributed by atoms with E-state index in [-0.39, 0.29) is 11.6 Å². The molecule has 0 aliphatic rings. The van der Waals surface area contributed by atoms with Crippen LogP contribution in [0.3, 0.4) is 0 Å². The van der Waals surface area contributed by atoms with Gasteiger partial charge < -0.3 is 4.52 Å². The molecule has 4 rings (SSSR count). The molecule has 7 nitrogen and oxygen atoms in total. The molecule has 0 atom stereocenters. The van der Waals surface area contributed by atoms with Gasteiger partial charge in [-0.05, 0) is 25.1 Å². The van der Waals surface area contributed by atoms with Crippen LogP contribution in [0.15, 0.2) is 53.1 Å². The molecule has 4 aromatic rings. The Morgan fingerprint density at radius 1 is 1.11 bits per heavy atom. The van der Waals surface area contributed by atoms with Gasteiger partial charge in [0, 0.05) is 11.1 Å². The maximum absolute atomic E-state index is 14.5. The van der Waals surface area contributed by atoms with Crippen molar-refractivity contribution in [3.8, 4) is 11.4 Å². The topological polar surface area (TPSA) is 82.5 Å². The fourth-order valence-corrected chi connectivity index (χ4v) is 2.99. The van der Waals surface area contributed by atoms with E-state index < -0.39 is 11.2 Å². The second-order valence-corrected chi connectivity index (χ2v) is 7.15. The van der Waals surface area contributed by atoms with Gasteiger partial charge in [0.25, 0.3) is 0 Å². The zero-order valence-corrected chi connectivity index (χ0v) is 15.9. The Kier molecular flexibility index (Phi) is 4.64. The summed E-state index contributed by atoms with van der Waals surface area (Å²) in [5.41, 5.74) is 0.414. The summed E-state index contributed by atoms with van der Waals surface area (Å²) < 4.78 is 19.8. The molecule has 0 fully saturated rings. The normalized spacial score (nSPS) is 11.7. The van der Waals surface area contributed by atoms with Crippen LogP contribution in [0, 0.1) is 5.82 Å². The minimum absolute atomic E-state index is 0.0505. The molecule has 0 saturated heterocycles. The SMILES string of the molecule is CC(C)(c1noc(Cn2nnc(-c3ccccc3)n2)n1)c1cccc(Cl)c1F. The highest BCUT2D eigenvalue weighted by Gasteiger charge is 2.32. The fourth-order valence-electron chi connectivity index (χ4n) is 2.81. The molecular weight excluding hydrogens is 383 g/mol. The lowest BCUT2D eigenvalue weighted by molar-refractivity contribution is 0.346. The van der Waals surface area contributed by atoms with Crippen molar-refractivity contribution in [1.29, 1.82) is 0 Å². The van der Waals surface area contributed by atoms with Crippen LogP contribution in [-0.2, 0) is 12.0 Å². The van der Waals surface area contributed by atoms with E-state index >= 15 is 0 Å². The summed E-state index contributed by atoms with van der Waals surface area (Å²) in [7, 11) is 0. The number of hydrogen-bond donors (Lipinski definition) is 0. The maximum atomic E-state index is 14.5. The molecular formula is C19H16ClFN6O. The summed E-state index contributed by atoms with van der Waals surface area (Å²) in [5.74, 6) is 0.641. The van der Waals surface area contributed by atoms with Crippen LogP contribution in [-0.4, -0.2) is 30.3 Å². The van der Waals surface area contributed by atoms with Crippen molar-refractivity contribution in [2.24, 2.45) is 0 Å². The average molecular weight is 399 g/mol. The Balaban J connectivity index is 1.56. The Labute approximate surface area is 165 Å². The van der Waals surface area contributed by atoms with Gasteiger partial charge >= 0.3 is 0 Å². The minimum atomic E-state index is -0.832. The number of rotatable bonds is 5. The molecule has 0 saturated carbocycles. The molecule has 0 amide bonds. The van der Waals surface area contributed by atoms with Crippen molar-refractivity contribution in [2.45, 2.75) is 25.8 Å². The van der Waals surface area contributed by atoms with Gasteiger partial charge in [0.15, 0.2) is 5.82 Å². The third kappa shape index (κ3) is 3.38. The average Bonchev–Trinajstić information content (AvgIpc) is 3.35. The third-order valence-corrected chi connectivity index (χ3v) is 4.71. The van der Waals surface area contributed by atoms with Crippen LogP contribution >= 0.6 is 11.6 Å². The number of halogens is 2. The van der Waals surface area contributed by atoms with Crippen LogP contribution in [0.1, 0.15) is 31.1 Å². The summed E-state index contributed by atoms with van der Waals surface area (Å²) in [6.45, 7) is 3.76. The van der Waals surface area contributed by atoms with Gasteiger partial charge in [0.1, 0.15) is 12.4 Å². The predicted molar refractivity (Wildman–Crippen MR) is 100 cm³/mol. The molecule has 2 heterocycles. The fraction of sp³-hybridized carbons (Fsp3) is 0.211. The Morgan fingerprint density at radius 2 is 1.89 bits per heavy atom. The van der Waals surface area contributed by atoms with Crippen molar-refractivity contribution < 1.29 is 8.91 Å². The highest BCUT2D eigenvalue weighted by molar-refractivity contribution is 6.30. The van der Waals surface area contributed by atoms with E-state index in [1.54, 1.807) is 26.0 Å². The first-order valence-corrected chi connectivity index (χ1v) is 8.94. The van der Waals surface area contributed by atoms with Crippen LogP contribution in [0.2, 0.25) is 5.02 Å². The van der Waals surface area contributed by atoms with Gasteiger partial charge in [0.05, 0.1) is 10.4 Å². The molecule has 2 aromatic heterocycles. The first-order valence-electron chi connectivity index (χ1n) is 8.56. The van der Waals surface area contributed by atoms with Crippen LogP contribution in [0.5, 0.6) is 0 Å². The van der Waals surface area contributed by atoms with Crippen molar-refractivity contribution in [3.05, 3.63) is 76.6 Å². The van der Waals surface area contributed by atoms with Gasteiger partial charge in [-0.25, -0.2) is 4.39 Å². The van der Waals surface area contributed by atoms with E-state index in [1.807, 2.05) is 30.3 Å². The molecule has 0 N–H and O–H groups in total. The second-order valence-electron chi connectivity index (χ2n) is 6.75. The van der Waals surface area contributed by atoms with E-state index in [9.17, 15) is 4.39 Å². The van der Waals surface area contributed by atoms with E-state index in [1.165, 1.54) is 10.9 Å². The number of tetrazole rings is 1. The molecule has 0 aliphatic heterocycles. The number of benzene rings is 2. The molecule has 0 unspecified atom stereocenters. The number of hydrogen-bond acceptors (Lipinski definition) is 6. The lowest BCUT2D eigenvalue weighted by Crippen LogP contribution is -2.22. The monoisotopic (exact) mass is 398 g/mol. The molecule has 2 aromatic carbocycles. The zero-order valence-electron chi connectivity index (χ0n) is 15.2. The number of nitrogens with zero attached hydrogens (tertiary/aromatic N) is 6. The molecule has 28 heavy (non-hydrogen) atoms. The predicted octanol–water partition coefficient (Wildman–Crippen LogP) is 3.89. The summed E-state index contributed by atoms with van der Waals surface area (Å²) in [6.07, 6.45) is 0. The van der Waals surface area contributed by atoms with Gasteiger partial charge in [-0.3, -0.25) is 0 Å². The van der Waals surface area contributed by atoms with Crippen molar-refractivity contribution in [1.82, 2.24) is 30.3 Å². The summed E-state index contributed by atoms with van der Waals surface area (Å²) in [4.78, 5) is 5.76. The standard InChI is InChI=1S/C19H16ClFN6O/c1-19(2,13-9-6-10-14(20)16(13)21)18-22-15(28-25-18)11-27-24-17(23-26-27)12-7-4-3-5-8-12/h3-10H,11H2,1-2H3. The third-order valence-electron chi connectivity index (χ3n) is 4.41.